The molecule has 3 N–H and O–H groups in total. The highest BCUT2D eigenvalue weighted by Crippen LogP contribution is 2.39. The molecule has 32 heavy (non-hydrogen) atoms. The van der Waals surface area contributed by atoms with Crippen molar-refractivity contribution in [3.8, 4) is 5.75 Å². The summed E-state index contributed by atoms with van der Waals surface area (Å²) in [6, 6.07) is 13.9. The molecule has 0 bridgehead atoms. The second-order valence-electron chi connectivity index (χ2n) is 7.87. The van der Waals surface area contributed by atoms with E-state index in [9.17, 15) is 0 Å². The van der Waals surface area contributed by atoms with Crippen LogP contribution in [-0.2, 0) is 19.4 Å². The molecule has 1 fully saturated rings. The molecular weight excluding hydrogens is 406 g/mol. The smallest absolute Gasteiger partial charge is 0.224 e. The number of hydrogen-bond acceptors (Lipinski definition) is 8. The van der Waals surface area contributed by atoms with Crippen LogP contribution in [0.3, 0.4) is 0 Å². The van der Waals surface area contributed by atoms with E-state index in [-0.39, 0.29) is 0 Å². The summed E-state index contributed by atoms with van der Waals surface area (Å²) in [5, 5.41) is 17.9. The fraction of sp³-hybridized carbons (Fsp3) is 0.304. The Labute approximate surface area is 185 Å². The number of hydrogen-bond donors (Lipinski definition) is 3. The molecule has 0 aliphatic heterocycles. The summed E-state index contributed by atoms with van der Waals surface area (Å²) in [5.74, 6) is 4.10. The van der Waals surface area contributed by atoms with Gasteiger partial charge >= 0.3 is 0 Å². The van der Waals surface area contributed by atoms with Crippen LogP contribution in [0.5, 0.6) is 5.75 Å². The van der Waals surface area contributed by atoms with Gasteiger partial charge in [0.15, 0.2) is 11.6 Å². The maximum Gasteiger partial charge on any atom is 0.224 e. The first-order valence-corrected chi connectivity index (χ1v) is 10.7. The minimum Gasteiger partial charge on any atom is -0.497 e. The number of aryl methyl sites for hydroxylation is 2. The zero-order chi connectivity index (χ0) is 21.8. The lowest BCUT2D eigenvalue weighted by molar-refractivity contribution is 0.381. The van der Waals surface area contributed by atoms with Gasteiger partial charge in [0, 0.05) is 29.9 Å². The molecule has 0 spiro atoms. The molecule has 0 unspecified atom stereocenters. The van der Waals surface area contributed by atoms with Crippen LogP contribution in [0, 0.1) is 0 Å². The molecule has 0 saturated heterocycles. The van der Waals surface area contributed by atoms with E-state index in [4.69, 9.17) is 9.26 Å². The number of nitrogens with one attached hydrogen (secondary N) is 3. The van der Waals surface area contributed by atoms with E-state index >= 15 is 0 Å². The molecule has 0 atom stereocenters. The van der Waals surface area contributed by atoms with Gasteiger partial charge in [0.2, 0.25) is 5.95 Å². The van der Waals surface area contributed by atoms with Gasteiger partial charge in [0.05, 0.1) is 19.3 Å². The largest absolute Gasteiger partial charge is 0.497 e. The summed E-state index contributed by atoms with van der Waals surface area (Å²) >= 11 is 0. The van der Waals surface area contributed by atoms with Gasteiger partial charge in [0.25, 0.3) is 0 Å². The van der Waals surface area contributed by atoms with Crippen LogP contribution in [0.1, 0.15) is 41.5 Å². The number of anilines is 3. The molecule has 1 aromatic carbocycles. The second kappa shape index (κ2) is 9.09. The number of benzene rings is 1. The molecule has 1 saturated carbocycles. The Morgan fingerprint density at radius 2 is 2.06 bits per heavy atom. The lowest BCUT2D eigenvalue weighted by Gasteiger charge is -2.05. The number of aromatic amines is 1. The molecule has 0 amide bonds. The SMILES string of the molecule is COc1cccc(CCc2cc(Nc3ccnc(NCc4cc(C5CC5)no4)n3)n[nH]2)c1. The Bertz CT molecular complexity index is 1180. The number of rotatable bonds is 10. The van der Waals surface area contributed by atoms with Gasteiger partial charge in [-0.25, -0.2) is 4.98 Å². The van der Waals surface area contributed by atoms with Crippen LogP contribution in [0.15, 0.2) is 53.2 Å². The van der Waals surface area contributed by atoms with Crippen molar-refractivity contribution in [1.82, 2.24) is 25.3 Å². The highest BCUT2D eigenvalue weighted by Gasteiger charge is 2.27. The van der Waals surface area contributed by atoms with Gasteiger partial charge in [-0.15, -0.1) is 0 Å². The summed E-state index contributed by atoms with van der Waals surface area (Å²) in [4.78, 5) is 8.77. The van der Waals surface area contributed by atoms with Gasteiger partial charge in [-0.05, 0) is 49.4 Å². The Morgan fingerprint density at radius 1 is 1.12 bits per heavy atom. The van der Waals surface area contributed by atoms with Crippen molar-refractivity contribution in [1.29, 1.82) is 0 Å². The molecule has 9 nitrogen and oxygen atoms in total. The highest BCUT2D eigenvalue weighted by atomic mass is 16.5. The third kappa shape index (κ3) is 5.05. The van der Waals surface area contributed by atoms with Crippen LogP contribution in [0.4, 0.5) is 17.6 Å². The van der Waals surface area contributed by atoms with E-state index in [1.165, 1.54) is 18.4 Å². The molecule has 1 aliphatic carbocycles. The van der Waals surface area contributed by atoms with E-state index in [0.717, 1.165) is 35.7 Å². The molecule has 164 valence electrons. The van der Waals surface area contributed by atoms with Crippen molar-refractivity contribution in [2.24, 2.45) is 0 Å². The van der Waals surface area contributed by atoms with Gasteiger partial charge in [0.1, 0.15) is 11.6 Å². The van der Waals surface area contributed by atoms with Gasteiger partial charge in [-0.1, -0.05) is 17.3 Å². The van der Waals surface area contributed by atoms with Gasteiger partial charge < -0.3 is 19.9 Å². The third-order valence-electron chi connectivity index (χ3n) is 5.35. The lowest BCUT2D eigenvalue weighted by Crippen LogP contribution is -2.04. The van der Waals surface area contributed by atoms with Crippen LogP contribution in [0.2, 0.25) is 0 Å². The van der Waals surface area contributed by atoms with Crippen molar-refractivity contribution < 1.29 is 9.26 Å². The first kappa shape index (κ1) is 20.0. The Balaban J connectivity index is 1.15. The van der Waals surface area contributed by atoms with E-state index < -0.39 is 0 Å². The predicted octanol–water partition coefficient (Wildman–Crippen LogP) is 4.21. The van der Waals surface area contributed by atoms with Crippen molar-refractivity contribution in [3.05, 3.63) is 71.4 Å². The van der Waals surface area contributed by atoms with Crippen molar-refractivity contribution >= 4 is 17.6 Å². The molecule has 0 radical (unpaired) electrons. The molecule has 3 heterocycles. The van der Waals surface area contributed by atoms with E-state index in [0.29, 0.717) is 30.0 Å². The monoisotopic (exact) mass is 431 g/mol. The zero-order valence-electron chi connectivity index (χ0n) is 17.8. The van der Waals surface area contributed by atoms with Crippen LogP contribution in [0.25, 0.3) is 0 Å². The fourth-order valence-electron chi connectivity index (χ4n) is 3.46. The van der Waals surface area contributed by atoms with Crippen LogP contribution >= 0.6 is 0 Å². The summed E-state index contributed by atoms with van der Waals surface area (Å²) in [5.41, 5.74) is 3.30. The summed E-state index contributed by atoms with van der Waals surface area (Å²) in [7, 11) is 1.68. The van der Waals surface area contributed by atoms with Crippen molar-refractivity contribution in [2.45, 2.75) is 38.1 Å². The Kier molecular flexibility index (Phi) is 5.69. The average Bonchev–Trinajstić information content (AvgIpc) is 3.40. The highest BCUT2D eigenvalue weighted by molar-refractivity contribution is 5.53. The molecule has 1 aliphatic rings. The molecule has 9 heteroatoms. The minimum atomic E-state index is 0.486. The maximum absolute atomic E-state index is 5.38. The van der Waals surface area contributed by atoms with Crippen molar-refractivity contribution in [3.63, 3.8) is 0 Å². The Morgan fingerprint density at radius 3 is 2.94 bits per heavy atom. The number of nitrogens with zero attached hydrogens (tertiary/aromatic N) is 4. The second-order valence-corrected chi connectivity index (χ2v) is 7.87. The quantitative estimate of drug-likeness (QED) is 0.342. The topological polar surface area (TPSA) is 114 Å². The number of methoxy groups -OCH3 is 1. The first-order valence-electron chi connectivity index (χ1n) is 10.7. The van der Waals surface area contributed by atoms with Crippen LogP contribution in [-0.4, -0.2) is 32.4 Å². The minimum absolute atomic E-state index is 0.486. The summed E-state index contributed by atoms with van der Waals surface area (Å²) in [6.45, 7) is 0.486. The standard InChI is InChI=1S/C23H25N7O2/c1-31-18-4-2-3-15(11-18)5-8-17-12-22(29-28-17)26-21-9-10-24-23(27-21)25-14-19-13-20(30-32-19)16-6-7-16/h2-4,9-13,16H,5-8,14H2,1H3,(H3,24,25,26,27,28,29). The van der Waals surface area contributed by atoms with E-state index in [1.54, 1.807) is 19.4 Å². The first-order chi connectivity index (χ1) is 15.7. The zero-order valence-corrected chi connectivity index (χ0v) is 17.8. The van der Waals surface area contributed by atoms with Crippen LogP contribution < -0.4 is 15.4 Å². The maximum atomic E-state index is 5.38. The van der Waals surface area contributed by atoms with Crippen molar-refractivity contribution in [2.75, 3.05) is 17.7 Å². The molecular formula is C23H25N7O2. The lowest BCUT2D eigenvalue weighted by atomic mass is 10.1. The van der Waals surface area contributed by atoms with E-state index in [1.807, 2.05) is 24.3 Å². The Hall–Kier alpha value is -3.88. The molecule has 4 aromatic rings. The summed E-state index contributed by atoms with van der Waals surface area (Å²) < 4.78 is 10.7. The molecule has 5 rings (SSSR count). The van der Waals surface area contributed by atoms with E-state index in [2.05, 4.69) is 48.1 Å². The van der Waals surface area contributed by atoms with Gasteiger partial charge in [-0.3, -0.25) is 5.10 Å². The number of ether oxygens (including phenoxy) is 1. The fourth-order valence-corrected chi connectivity index (χ4v) is 3.46. The normalized spacial score (nSPS) is 13.2. The molecule has 3 aromatic heterocycles. The average molecular weight is 432 g/mol. The van der Waals surface area contributed by atoms with Gasteiger partial charge in [-0.2, -0.15) is 10.1 Å². The third-order valence-corrected chi connectivity index (χ3v) is 5.35. The summed E-state index contributed by atoms with van der Waals surface area (Å²) in [6.07, 6.45) is 5.84. The number of H-pyrrole nitrogens is 1. The number of aromatic nitrogens is 5. The predicted molar refractivity (Wildman–Crippen MR) is 120 cm³/mol.